The van der Waals surface area contributed by atoms with Gasteiger partial charge in [0, 0.05) is 10.9 Å². The molecule has 3 aromatic carbocycles. The van der Waals surface area contributed by atoms with Gasteiger partial charge in [-0.1, -0.05) is 49.4 Å². The Labute approximate surface area is 174 Å². The number of carbonyl (C=O) groups is 2. The number of nitrogens with zero attached hydrogens (tertiary/aromatic N) is 1. The molecular formula is C25H20N2O3. The third-order valence-corrected chi connectivity index (χ3v) is 5.02. The maximum absolute atomic E-state index is 13.0. The summed E-state index contributed by atoms with van der Waals surface area (Å²) in [6.07, 6.45) is 0.962. The van der Waals surface area contributed by atoms with Gasteiger partial charge in [0.1, 0.15) is 5.82 Å². The molecule has 1 aromatic heterocycles. The number of aryl methyl sites for hydroxylation is 1. The second-order valence-corrected chi connectivity index (χ2v) is 6.96. The summed E-state index contributed by atoms with van der Waals surface area (Å²) >= 11 is 0. The Hall–Kier alpha value is -3.99. The molecular weight excluding hydrogens is 376 g/mol. The van der Waals surface area contributed by atoms with Crippen LogP contribution in [0.5, 0.6) is 0 Å². The minimum Gasteiger partial charge on any atom is -0.478 e. The number of hydrogen-bond acceptors (Lipinski definition) is 3. The van der Waals surface area contributed by atoms with Gasteiger partial charge in [-0.2, -0.15) is 0 Å². The molecule has 0 fully saturated rings. The Bertz CT molecular complexity index is 1250. The van der Waals surface area contributed by atoms with Crippen LogP contribution in [0.15, 0.2) is 78.9 Å². The Balaban J connectivity index is 1.62. The molecule has 5 nitrogen and oxygen atoms in total. The Morgan fingerprint density at radius 3 is 2.43 bits per heavy atom. The van der Waals surface area contributed by atoms with Gasteiger partial charge >= 0.3 is 5.97 Å². The molecule has 1 heterocycles. The van der Waals surface area contributed by atoms with E-state index in [1.54, 1.807) is 30.3 Å². The minimum atomic E-state index is -0.988. The number of anilines is 1. The molecule has 0 radical (unpaired) electrons. The Morgan fingerprint density at radius 2 is 1.70 bits per heavy atom. The highest BCUT2D eigenvalue weighted by Gasteiger charge is 2.14. The zero-order valence-electron chi connectivity index (χ0n) is 16.4. The number of aromatic carboxylic acids is 1. The number of nitrogens with one attached hydrogen (secondary N) is 1. The van der Waals surface area contributed by atoms with Crippen LogP contribution in [0.1, 0.15) is 33.2 Å². The first-order valence-electron chi connectivity index (χ1n) is 9.69. The number of rotatable bonds is 5. The SMILES string of the molecule is CCc1ccc(-c2ccccc2C(=O)Nc2ccc3cc(C(=O)O)ccc3n2)cc1. The van der Waals surface area contributed by atoms with Gasteiger partial charge < -0.3 is 10.4 Å². The molecule has 0 atom stereocenters. The van der Waals surface area contributed by atoms with E-state index in [2.05, 4.69) is 29.4 Å². The summed E-state index contributed by atoms with van der Waals surface area (Å²) in [7, 11) is 0. The van der Waals surface area contributed by atoms with Crippen molar-refractivity contribution in [1.82, 2.24) is 4.98 Å². The minimum absolute atomic E-state index is 0.198. The monoisotopic (exact) mass is 396 g/mol. The third-order valence-electron chi connectivity index (χ3n) is 5.02. The Kier molecular flexibility index (Phi) is 5.26. The van der Waals surface area contributed by atoms with Crippen molar-refractivity contribution in [3.63, 3.8) is 0 Å². The van der Waals surface area contributed by atoms with E-state index in [1.165, 1.54) is 11.6 Å². The zero-order chi connectivity index (χ0) is 21.1. The van der Waals surface area contributed by atoms with Gasteiger partial charge in [0.2, 0.25) is 0 Å². The van der Waals surface area contributed by atoms with Gasteiger partial charge in [-0.05, 0) is 59.5 Å². The molecule has 0 saturated heterocycles. The van der Waals surface area contributed by atoms with Crippen molar-refractivity contribution in [2.75, 3.05) is 5.32 Å². The van der Waals surface area contributed by atoms with Crippen LogP contribution < -0.4 is 5.32 Å². The molecule has 4 rings (SSSR count). The van der Waals surface area contributed by atoms with E-state index >= 15 is 0 Å². The first kappa shape index (κ1) is 19.3. The summed E-state index contributed by atoms with van der Waals surface area (Å²) < 4.78 is 0. The number of carboxylic acids is 1. The van der Waals surface area contributed by atoms with E-state index in [0.29, 0.717) is 22.3 Å². The van der Waals surface area contributed by atoms with Crippen LogP contribution in [0.3, 0.4) is 0 Å². The van der Waals surface area contributed by atoms with Crippen LogP contribution in [-0.2, 0) is 6.42 Å². The lowest BCUT2D eigenvalue weighted by molar-refractivity contribution is 0.0697. The summed E-state index contributed by atoms with van der Waals surface area (Å²) in [6.45, 7) is 2.11. The summed E-state index contributed by atoms with van der Waals surface area (Å²) in [6, 6.07) is 23.8. The number of carbonyl (C=O) groups excluding carboxylic acids is 1. The summed E-state index contributed by atoms with van der Waals surface area (Å²) in [4.78, 5) is 28.5. The molecule has 5 heteroatoms. The number of hydrogen-bond donors (Lipinski definition) is 2. The molecule has 1 amide bonds. The maximum Gasteiger partial charge on any atom is 0.335 e. The molecule has 0 unspecified atom stereocenters. The predicted octanol–water partition coefficient (Wildman–Crippen LogP) is 5.41. The van der Waals surface area contributed by atoms with E-state index < -0.39 is 5.97 Å². The fraction of sp³-hybridized carbons (Fsp3) is 0.0800. The van der Waals surface area contributed by atoms with Crippen LogP contribution >= 0.6 is 0 Å². The second kappa shape index (κ2) is 8.17. The molecule has 4 aromatic rings. The summed E-state index contributed by atoms with van der Waals surface area (Å²) in [5, 5.41) is 12.7. The van der Waals surface area contributed by atoms with Crippen molar-refractivity contribution in [2.45, 2.75) is 13.3 Å². The molecule has 0 aliphatic heterocycles. The highest BCUT2D eigenvalue weighted by Crippen LogP contribution is 2.25. The normalized spacial score (nSPS) is 10.7. The standard InChI is InChI=1S/C25H20N2O3/c1-2-16-7-9-17(10-8-16)20-5-3-4-6-21(20)24(28)27-23-14-12-18-15-19(25(29)30)11-13-22(18)26-23/h3-15H,2H2,1H3,(H,29,30)(H,26,27,28). The quantitative estimate of drug-likeness (QED) is 0.472. The zero-order valence-corrected chi connectivity index (χ0v) is 16.4. The lowest BCUT2D eigenvalue weighted by Gasteiger charge is -2.11. The van der Waals surface area contributed by atoms with Gasteiger partial charge in [-0.15, -0.1) is 0 Å². The number of pyridine rings is 1. The number of aromatic nitrogens is 1. The van der Waals surface area contributed by atoms with Gasteiger partial charge in [0.25, 0.3) is 5.91 Å². The van der Waals surface area contributed by atoms with Crippen molar-refractivity contribution in [3.8, 4) is 11.1 Å². The molecule has 0 saturated carbocycles. The molecule has 0 spiro atoms. The van der Waals surface area contributed by atoms with Crippen LogP contribution in [0.4, 0.5) is 5.82 Å². The largest absolute Gasteiger partial charge is 0.478 e. The summed E-state index contributed by atoms with van der Waals surface area (Å²) in [5.74, 6) is -0.830. The maximum atomic E-state index is 13.0. The van der Waals surface area contributed by atoms with Crippen LogP contribution in [0.25, 0.3) is 22.0 Å². The van der Waals surface area contributed by atoms with Gasteiger partial charge in [0.15, 0.2) is 0 Å². The highest BCUT2D eigenvalue weighted by atomic mass is 16.4. The van der Waals surface area contributed by atoms with E-state index in [-0.39, 0.29) is 11.5 Å². The number of amides is 1. The first-order valence-corrected chi connectivity index (χ1v) is 9.69. The van der Waals surface area contributed by atoms with Crippen molar-refractivity contribution in [3.05, 3.63) is 95.6 Å². The van der Waals surface area contributed by atoms with Gasteiger partial charge in [-0.25, -0.2) is 9.78 Å². The molecule has 30 heavy (non-hydrogen) atoms. The molecule has 0 aliphatic carbocycles. The fourth-order valence-electron chi connectivity index (χ4n) is 3.36. The molecule has 148 valence electrons. The number of benzene rings is 3. The molecule has 0 bridgehead atoms. The van der Waals surface area contributed by atoms with Crippen molar-refractivity contribution >= 4 is 28.6 Å². The topological polar surface area (TPSA) is 79.3 Å². The average Bonchev–Trinajstić information content (AvgIpc) is 2.78. The number of carboxylic acid groups (broad SMARTS) is 1. The summed E-state index contributed by atoms with van der Waals surface area (Å²) in [5.41, 5.74) is 4.44. The van der Waals surface area contributed by atoms with E-state index in [0.717, 1.165) is 17.5 Å². The smallest absolute Gasteiger partial charge is 0.335 e. The lowest BCUT2D eigenvalue weighted by Crippen LogP contribution is -2.14. The second-order valence-electron chi connectivity index (χ2n) is 6.96. The predicted molar refractivity (Wildman–Crippen MR) is 118 cm³/mol. The molecule has 0 aliphatic rings. The van der Waals surface area contributed by atoms with Crippen molar-refractivity contribution in [2.24, 2.45) is 0 Å². The van der Waals surface area contributed by atoms with Crippen LogP contribution in [0, 0.1) is 0 Å². The van der Waals surface area contributed by atoms with E-state index in [9.17, 15) is 9.59 Å². The van der Waals surface area contributed by atoms with E-state index in [4.69, 9.17) is 5.11 Å². The van der Waals surface area contributed by atoms with Gasteiger partial charge in [0.05, 0.1) is 11.1 Å². The van der Waals surface area contributed by atoms with Crippen molar-refractivity contribution < 1.29 is 14.7 Å². The molecule has 2 N–H and O–H groups in total. The average molecular weight is 396 g/mol. The first-order chi connectivity index (χ1) is 14.5. The van der Waals surface area contributed by atoms with Gasteiger partial charge in [-0.3, -0.25) is 4.79 Å². The number of fused-ring (bicyclic) bond motifs is 1. The van der Waals surface area contributed by atoms with Crippen molar-refractivity contribution in [1.29, 1.82) is 0 Å². The van der Waals surface area contributed by atoms with Crippen LogP contribution in [-0.4, -0.2) is 22.0 Å². The lowest BCUT2D eigenvalue weighted by atomic mass is 9.98. The fourth-order valence-corrected chi connectivity index (χ4v) is 3.36. The third kappa shape index (κ3) is 3.91. The Morgan fingerprint density at radius 1 is 0.933 bits per heavy atom. The highest BCUT2D eigenvalue weighted by molar-refractivity contribution is 6.08. The van der Waals surface area contributed by atoms with Crippen LogP contribution in [0.2, 0.25) is 0 Å². The van der Waals surface area contributed by atoms with E-state index in [1.807, 2.05) is 30.3 Å².